The Kier molecular flexibility index (Phi) is 5.90. The fourth-order valence-corrected chi connectivity index (χ4v) is 2.06. The van der Waals surface area contributed by atoms with Crippen molar-refractivity contribution in [2.45, 2.75) is 12.4 Å². The number of hydrogen-bond donors (Lipinski definition) is 1. The van der Waals surface area contributed by atoms with Crippen molar-refractivity contribution in [3.8, 4) is 5.75 Å². The number of nitrogens with one attached hydrogen (secondary N) is 1. The maximum atomic E-state index is 11.7. The van der Waals surface area contributed by atoms with Crippen molar-refractivity contribution in [2.75, 3.05) is 6.61 Å². The first-order valence-electron chi connectivity index (χ1n) is 6.46. The van der Waals surface area contributed by atoms with E-state index in [4.69, 9.17) is 27.9 Å². The van der Waals surface area contributed by atoms with Crippen molar-refractivity contribution in [3.05, 3.63) is 64.7 Å². The first kappa shape index (κ1) is 15.7. The first-order valence-corrected chi connectivity index (χ1v) is 7.37. The van der Waals surface area contributed by atoms with Crippen LogP contribution in [0.15, 0.2) is 48.5 Å². The molecule has 0 saturated carbocycles. The molecule has 5 heteroatoms. The maximum absolute atomic E-state index is 11.7. The van der Waals surface area contributed by atoms with Crippen molar-refractivity contribution in [2.24, 2.45) is 0 Å². The molecule has 0 heterocycles. The van der Waals surface area contributed by atoms with Crippen molar-refractivity contribution >= 4 is 29.1 Å². The molecule has 1 amide bonds. The van der Waals surface area contributed by atoms with Gasteiger partial charge in [0.15, 0.2) is 6.61 Å². The number of carbonyl (C=O) groups is 1. The molecule has 0 saturated heterocycles. The summed E-state index contributed by atoms with van der Waals surface area (Å²) in [6.45, 7) is 0.417. The molecule has 0 atom stereocenters. The maximum Gasteiger partial charge on any atom is 0.258 e. The van der Waals surface area contributed by atoms with Gasteiger partial charge in [-0.3, -0.25) is 4.79 Å². The van der Waals surface area contributed by atoms with E-state index < -0.39 is 0 Å². The van der Waals surface area contributed by atoms with Gasteiger partial charge in [-0.25, -0.2) is 0 Å². The third-order valence-corrected chi connectivity index (χ3v) is 3.38. The van der Waals surface area contributed by atoms with Crippen molar-refractivity contribution in [1.29, 1.82) is 0 Å². The summed E-state index contributed by atoms with van der Waals surface area (Å²) >= 11 is 11.6. The average Bonchev–Trinajstić information content (AvgIpc) is 2.51. The Bertz CT molecular complexity index is 599. The Labute approximate surface area is 133 Å². The molecule has 0 unspecified atom stereocenters. The molecule has 2 rings (SSSR count). The van der Waals surface area contributed by atoms with Gasteiger partial charge in [-0.15, -0.1) is 11.6 Å². The highest BCUT2D eigenvalue weighted by molar-refractivity contribution is 6.30. The van der Waals surface area contributed by atoms with Crippen LogP contribution in [0.2, 0.25) is 5.02 Å². The zero-order valence-corrected chi connectivity index (χ0v) is 12.8. The third-order valence-electron chi connectivity index (χ3n) is 2.83. The Morgan fingerprint density at radius 1 is 1.10 bits per heavy atom. The van der Waals surface area contributed by atoms with E-state index in [0.717, 1.165) is 11.1 Å². The summed E-state index contributed by atoms with van der Waals surface area (Å²) in [6, 6.07) is 14.7. The standard InChI is InChI=1S/C16H15Cl2NO2/c17-9-12-4-6-13(7-5-12)10-19-16(20)11-21-15-3-1-2-14(18)8-15/h1-8H,9-11H2,(H,19,20). The Morgan fingerprint density at radius 2 is 1.81 bits per heavy atom. The molecule has 2 aromatic rings. The van der Waals surface area contributed by atoms with Gasteiger partial charge in [-0.2, -0.15) is 0 Å². The summed E-state index contributed by atoms with van der Waals surface area (Å²) in [7, 11) is 0. The summed E-state index contributed by atoms with van der Waals surface area (Å²) in [5, 5.41) is 3.37. The molecule has 21 heavy (non-hydrogen) atoms. The van der Waals surface area contributed by atoms with Crippen molar-refractivity contribution < 1.29 is 9.53 Å². The van der Waals surface area contributed by atoms with Gasteiger partial charge >= 0.3 is 0 Å². The molecule has 0 aliphatic carbocycles. The van der Waals surface area contributed by atoms with E-state index in [2.05, 4.69) is 5.32 Å². The minimum atomic E-state index is -0.184. The molecule has 0 spiro atoms. The van der Waals surface area contributed by atoms with Crippen LogP contribution in [-0.4, -0.2) is 12.5 Å². The number of benzene rings is 2. The van der Waals surface area contributed by atoms with Gasteiger partial charge < -0.3 is 10.1 Å². The van der Waals surface area contributed by atoms with E-state index in [1.54, 1.807) is 24.3 Å². The minimum Gasteiger partial charge on any atom is -0.484 e. The Morgan fingerprint density at radius 3 is 2.48 bits per heavy atom. The summed E-state index contributed by atoms with van der Waals surface area (Å²) < 4.78 is 5.36. The summed E-state index contributed by atoms with van der Waals surface area (Å²) in [5.74, 6) is 0.876. The van der Waals surface area contributed by atoms with Gasteiger partial charge in [-0.05, 0) is 29.3 Å². The first-order chi connectivity index (χ1) is 10.2. The average molecular weight is 324 g/mol. The number of rotatable bonds is 6. The lowest BCUT2D eigenvalue weighted by atomic mass is 10.1. The molecule has 0 aliphatic rings. The third kappa shape index (κ3) is 5.29. The number of halogens is 2. The smallest absolute Gasteiger partial charge is 0.258 e. The van der Waals surface area contributed by atoms with E-state index in [-0.39, 0.29) is 12.5 Å². The van der Waals surface area contributed by atoms with Crippen LogP contribution in [-0.2, 0) is 17.2 Å². The molecule has 3 nitrogen and oxygen atoms in total. The van der Waals surface area contributed by atoms with Crippen LogP contribution in [0.4, 0.5) is 0 Å². The normalized spacial score (nSPS) is 10.2. The van der Waals surface area contributed by atoms with Crippen molar-refractivity contribution in [1.82, 2.24) is 5.32 Å². The van der Waals surface area contributed by atoms with Crippen LogP contribution < -0.4 is 10.1 Å². The molecule has 0 bridgehead atoms. The van der Waals surface area contributed by atoms with E-state index in [1.807, 2.05) is 24.3 Å². The van der Waals surface area contributed by atoms with Gasteiger partial charge in [0.25, 0.3) is 5.91 Å². The quantitative estimate of drug-likeness (QED) is 0.822. The van der Waals surface area contributed by atoms with Gasteiger partial charge in [0.05, 0.1) is 0 Å². The summed E-state index contributed by atoms with van der Waals surface area (Å²) in [5.41, 5.74) is 2.07. The molecule has 110 valence electrons. The zero-order valence-electron chi connectivity index (χ0n) is 11.3. The van der Waals surface area contributed by atoms with Gasteiger partial charge in [0, 0.05) is 17.4 Å². The molecule has 0 radical (unpaired) electrons. The fraction of sp³-hybridized carbons (Fsp3) is 0.188. The SMILES string of the molecule is O=C(COc1cccc(Cl)c1)NCc1ccc(CCl)cc1. The highest BCUT2D eigenvalue weighted by Gasteiger charge is 2.03. The molecule has 0 aliphatic heterocycles. The number of ether oxygens (including phenoxy) is 1. The van der Waals surface area contributed by atoms with Gasteiger partial charge in [0.1, 0.15) is 5.75 Å². The van der Waals surface area contributed by atoms with Crippen LogP contribution in [0.3, 0.4) is 0 Å². The largest absolute Gasteiger partial charge is 0.484 e. The summed E-state index contributed by atoms with van der Waals surface area (Å²) in [4.78, 5) is 11.7. The van der Waals surface area contributed by atoms with Gasteiger partial charge in [0.2, 0.25) is 0 Å². The Balaban J connectivity index is 1.76. The molecular weight excluding hydrogens is 309 g/mol. The van der Waals surface area contributed by atoms with Crippen LogP contribution >= 0.6 is 23.2 Å². The van der Waals surface area contributed by atoms with E-state index in [1.165, 1.54) is 0 Å². The number of carbonyl (C=O) groups excluding carboxylic acids is 1. The van der Waals surface area contributed by atoms with Gasteiger partial charge in [-0.1, -0.05) is 41.9 Å². The predicted molar refractivity (Wildman–Crippen MR) is 84.8 cm³/mol. The number of alkyl halides is 1. The molecule has 1 N–H and O–H groups in total. The van der Waals surface area contributed by atoms with Crippen LogP contribution in [0.5, 0.6) is 5.75 Å². The Hall–Kier alpha value is -1.71. The summed E-state index contributed by atoms with van der Waals surface area (Å²) in [6.07, 6.45) is 0. The molecule has 0 aromatic heterocycles. The van der Waals surface area contributed by atoms with E-state index >= 15 is 0 Å². The lowest BCUT2D eigenvalue weighted by Crippen LogP contribution is -2.28. The topological polar surface area (TPSA) is 38.3 Å². The zero-order chi connectivity index (χ0) is 15.1. The number of amides is 1. The second-order valence-electron chi connectivity index (χ2n) is 4.47. The fourth-order valence-electron chi connectivity index (χ4n) is 1.70. The van der Waals surface area contributed by atoms with Crippen LogP contribution in [0.1, 0.15) is 11.1 Å². The number of hydrogen-bond acceptors (Lipinski definition) is 2. The minimum absolute atomic E-state index is 0.0416. The molecule has 0 fully saturated rings. The monoisotopic (exact) mass is 323 g/mol. The van der Waals surface area contributed by atoms with Crippen molar-refractivity contribution in [3.63, 3.8) is 0 Å². The predicted octanol–water partition coefficient (Wildman–Crippen LogP) is 3.77. The second kappa shape index (κ2) is 7.91. The van der Waals surface area contributed by atoms with E-state index in [9.17, 15) is 4.79 Å². The molecular formula is C16H15Cl2NO2. The lowest BCUT2D eigenvalue weighted by molar-refractivity contribution is -0.123. The van der Waals surface area contributed by atoms with E-state index in [0.29, 0.717) is 23.2 Å². The van der Waals surface area contributed by atoms with Crippen LogP contribution in [0, 0.1) is 0 Å². The highest BCUT2D eigenvalue weighted by Crippen LogP contribution is 2.16. The van der Waals surface area contributed by atoms with Crippen LogP contribution in [0.25, 0.3) is 0 Å². The second-order valence-corrected chi connectivity index (χ2v) is 5.18. The molecule has 2 aromatic carbocycles. The highest BCUT2D eigenvalue weighted by atomic mass is 35.5. The lowest BCUT2D eigenvalue weighted by Gasteiger charge is -2.08.